The first kappa shape index (κ1) is 14.9. The van der Waals surface area contributed by atoms with Crippen molar-refractivity contribution >= 4 is 10.1 Å². The zero-order valence-electron chi connectivity index (χ0n) is 11.2. The first-order valence-corrected chi connectivity index (χ1v) is 7.92. The van der Waals surface area contributed by atoms with E-state index in [2.05, 4.69) is 0 Å². The fraction of sp³-hybridized carbons (Fsp3) is 0.538. The van der Waals surface area contributed by atoms with E-state index in [1.165, 1.54) is 12.1 Å². The lowest BCUT2D eigenvalue weighted by atomic mass is 10.0. The molecule has 0 radical (unpaired) electrons. The van der Waals surface area contributed by atoms with Crippen LogP contribution in [0.5, 0.6) is 0 Å². The third-order valence-electron chi connectivity index (χ3n) is 3.62. The Morgan fingerprint density at radius 3 is 2.52 bits per heavy atom. The lowest BCUT2D eigenvalue weighted by molar-refractivity contribution is -0.219. The summed E-state index contributed by atoms with van der Waals surface area (Å²) >= 11 is 0. The summed E-state index contributed by atoms with van der Waals surface area (Å²) in [6.45, 7) is 1.92. The Hall–Kier alpha value is -1.03. The van der Waals surface area contributed by atoms with Crippen molar-refractivity contribution in [1.29, 1.82) is 0 Å². The molecule has 1 aromatic carbocycles. The monoisotopic (exact) mass is 316 g/mol. The molecular formula is C13H16O7S. The SMILES string of the molecule is Cc1ccc(S(=O)(=O)O[C@H]2[C@@H]3OC[C@@H](O3)[C@@H](O)[C@@H]2O)cc1. The van der Waals surface area contributed by atoms with Crippen molar-refractivity contribution in [1.82, 2.24) is 0 Å². The summed E-state index contributed by atoms with van der Waals surface area (Å²) in [6.07, 6.45) is -5.61. The van der Waals surface area contributed by atoms with Crippen LogP contribution in [0.2, 0.25) is 0 Å². The quantitative estimate of drug-likeness (QED) is 0.728. The molecule has 3 rings (SSSR count). The molecule has 2 bridgehead atoms. The summed E-state index contributed by atoms with van der Waals surface area (Å²) in [7, 11) is -4.09. The van der Waals surface area contributed by atoms with Crippen LogP contribution in [-0.4, -0.2) is 55.9 Å². The normalized spacial score (nSPS) is 35.9. The van der Waals surface area contributed by atoms with Gasteiger partial charge in [0.2, 0.25) is 0 Å². The van der Waals surface area contributed by atoms with Crippen molar-refractivity contribution in [2.75, 3.05) is 6.61 Å². The molecule has 2 N–H and O–H groups in total. The number of aliphatic hydroxyl groups excluding tert-OH is 2. The second-order valence-corrected chi connectivity index (χ2v) is 6.76. The van der Waals surface area contributed by atoms with Gasteiger partial charge in [0, 0.05) is 0 Å². The number of fused-ring (bicyclic) bond motifs is 2. The molecule has 2 heterocycles. The van der Waals surface area contributed by atoms with Crippen LogP contribution in [0.15, 0.2) is 29.2 Å². The fourth-order valence-corrected chi connectivity index (χ4v) is 3.45. The minimum Gasteiger partial charge on any atom is -0.387 e. The fourth-order valence-electron chi connectivity index (χ4n) is 2.38. The van der Waals surface area contributed by atoms with Crippen LogP contribution >= 0.6 is 0 Å². The Bertz CT molecular complexity index is 612. The summed E-state index contributed by atoms with van der Waals surface area (Å²) in [4.78, 5) is -0.0325. The standard InChI is InChI=1S/C13H16O7S/c1-7-2-4-8(5-3-7)21(16,17)20-12-11(15)10(14)9-6-18-13(12)19-9/h2-5,9-15H,6H2,1H3/t9-,10-,11+,12-,13-/m1/s1. The Morgan fingerprint density at radius 2 is 1.86 bits per heavy atom. The number of hydrogen-bond donors (Lipinski definition) is 2. The largest absolute Gasteiger partial charge is 0.387 e. The number of rotatable bonds is 3. The average Bonchev–Trinajstić information content (AvgIpc) is 2.89. The van der Waals surface area contributed by atoms with Crippen LogP contribution in [0.3, 0.4) is 0 Å². The van der Waals surface area contributed by atoms with Crippen LogP contribution in [-0.2, 0) is 23.8 Å². The number of benzene rings is 1. The first-order valence-electron chi connectivity index (χ1n) is 6.51. The van der Waals surface area contributed by atoms with Crippen molar-refractivity contribution in [3.05, 3.63) is 29.8 Å². The van der Waals surface area contributed by atoms with Crippen LogP contribution in [0.25, 0.3) is 0 Å². The summed E-state index contributed by atoms with van der Waals surface area (Å²) in [5.74, 6) is 0. The predicted molar refractivity (Wildman–Crippen MR) is 69.9 cm³/mol. The van der Waals surface area contributed by atoms with Crippen LogP contribution in [0.1, 0.15) is 5.56 Å². The van der Waals surface area contributed by atoms with Gasteiger partial charge in [0.05, 0.1) is 11.5 Å². The molecule has 1 aromatic rings. The van der Waals surface area contributed by atoms with E-state index in [1.807, 2.05) is 6.92 Å². The van der Waals surface area contributed by atoms with Gasteiger partial charge in [-0.2, -0.15) is 8.42 Å². The van der Waals surface area contributed by atoms with Gasteiger partial charge in [0.25, 0.3) is 10.1 Å². The van der Waals surface area contributed by atoms with Gasteiger partial charge in [0.1, 0.15) is 18.3 Å². The Kier molecular flexibility index (Phi) is 3.76. The first-order chi connectivity index (χ1) is 9.88. The van der Waals surface area contributed by atoms with Gasteiger partial charge in [-0.15, -0.1) is 0 Å². The van der Waals surface area contributed by atoms with E-state index < -0.39 is 40.8 Å². The molecule has 2 saturated heterocycles. The zero-order valence-corrected chi connectivity index (χ0v) is 12.1. The molecule has 0 aliphatic carbocycles. The maximum absolute atomic E-state index is 12.2. The minimum atomic E-state index is -4.09. The van der Waals surface area contributed by atoms with E-state index >= 15 is 0 Å². The highest BCUT2D eigenvalue weighted by Gasteiger charge is 2.52. The maximum atomic E-state index is 12.2. The molecule has 7 nitrogen and oxygen atoms in total. The van der Waals surface area contributed by atoms with E-state index in [1.54, 1.807) is 12.1 Å². The molecule has 116 valence electrons. The molecule has 0 aromatic heterocycles. The topological polar surface area (TPSA) is 102 Å². The average molecular weight is 316 g/mol. The zero-order chi connectivity index (χ0) is 15.2. The third-order valence-corrected chi connectivity index (χ3v) is 4.94. The van der Waals surface area contributed by atoms with Gasteiger partial charge in [-0.3, -0.25) is 4.18 Å². The van der Waals surface area contributed by atoms with Crippen LogP contribution in [0.4, 0.5) is 0 Å². The Balaban J connectivity index is 1.83. The number of aryl methyl sites for hydroxylation is 1. The molecule has 5 atom stereocenters. The molecule has 8 heteroatoms. The molecule has 21 heavy (non-hydrogen) atoms. The number of hydrogen-bond acceptors (Lipinski definition) is 7. The molecule has 0 spiro atoms. The highest BCUT2D eigenvalue weighted by Crippen LogP contribution is 2.32. The van der Waals surface area contributed by atoms with Gasteiger partial charge in [-0.25, -0.2) is 0 Å². The van der Waals surface area contributed by atoms with Crippen molar-refractivity contribution in [2.24, 2.45) is 0 Å². The van der Waals surface area contributed by atoms with Crippen molar-refractivity contribution in [3.8, 4) is 0 Å². The second-order valence-electron chi connectivity index (χ2n) is 5.19. The van der Waals surface area contributed by atoms with Gasteiger partial charge < -0.3 is 19.7 Å². The maximum Gasteiger partial charge on any atom is 0.297 e. The third kappa shape index (κ3) is 2.70. The lowest BCUT2D eigenvalue weighted by Crippen LogP contribution is -2.55. The molecule has 0 amide bonds. The molecule has 2 aliphatic heterocycles. The van der Waals surface area contributed by atoms with E-state index in [0.717, 1.165) is 5.56 Å². The molecular weight excluding hydrogens is 300 g/mol. The lowest BCUT2D eigenvalue weighted by Gasteiger charge is -2.34. The molecule has 2 fully saturated rings. The van der Waals surface area contributed by atoms with E-state index in [0.29, 0.717) is 0 Å². The predicted octanol–water partition coefficient (Wildman–Crippen LogP) is -0.454. The van der Waals surface area contributed by atoms with Crippen molar-refractivity contribution in [2.45, 2.75) is 42.5 Å². The van der Waals surface area contributed by atoms with Gasteiger partial charge >= 0.3 is 0 Å². The van der Waals surface area contributed by atoms with Gasteiger partial charge in [-0.05, 0) is 19.1 Å². The van der Waals surface area contributed by atoms with Crippen LogP contribution < -0.4 is 0 Å². The van der Waals surface area contributed by atoms with Crippen molar-refractivity contribution < 1.29 is 32.3 Å². The highest BCUT2D eigenvalue weighted by atomic mass is 32.2. The molecule has 0 saturated carbocycles. The van der Waals surface area contributed by atoms with E-state index in [9.17, 15) is 18.6 Å². The Morgan fingerprint density at radius 1 is 1.19 bits per heavy atom. The van der Waals surface area contributed by atoms with Crippen LogP contribution in [0, 0.1) is 6.92 Å². The number of ether oxygens (including phenoxy) is 2. The number of aliphatic hydroxyl groups is 2. The summed E-state index contributed by atoms with van der Waals surface area (Å²) in [5, 5.41) is 19.8. The summed E-state index contributed by atoms with van der Waals surface area (Å²) in [5.41, 5.74) is 0.910. The molecule has 0 unspecified atom stereocenters. The van der Waals surface area contributed by atoms with Gasteiger partial charge in [-0.1, -0.05) is 17.7 Å². The van der Waals surface area contributed by atoms with E-state index in [-0.39, 0.29) is 11.5 Å². The summed E-state index contributed by atoms with van der Waals surface area (Å²) < 4.78 is 39.9. The molecule has 2 aliphatic rings. The van der Waals surface area contributed by atoms with Gasteiger partial charge in [0.15, 0.2) is 12.4 Å². The minimum absolute atomic E-state index is 0.0325. The second kappa shape index (κ2) is 5.31. The smallest absolute Gasteiger partial charge is 0.297 e. The Labute approximate surface area is 122 Å². The highest BCUT2D eigenvalue weighted by molar-refractivity contribution is 7.86. The van der Waals surface area contributed by atoms with Crippen molar-refractivity contribution in [3.63, 3.8) is 0 Å². The van der Waals surface area contributed by atoms with E-state index in [4.69, 9.17) is 13.7 Å². The summed E-state index contributed by atoms with van der Waals surface area (Å²) in [6, 6.07) is 6.10.